The van der Waals surface area contributed by atoms with E-state index in [2.05, 4.69) is 5.32 Å². The van der Waals surface area contributed by atoms with Crippen LogP contribution in [0.1, 0.15) is 6.42 Å². The molecule has 0 unspecified atom stereocenters. The minimum Gasteiger partial charge on any atom is -0.484 e. The monoisotopic (exact) mass is 223 g/mol. The number of nitrogens with one attached hydrogen (secondary N) is 1. The average molecular weight is 223 g/mol. The van der Waals surface area contributed by atoms with Gasteiger partial charge in [-0.05, 0) is 18.6 Å². The third-order valence-corrected chi connectivity index (χ3v) is 1.96. The lowest BCUT2D eigenvalue weighted by molar-refractivity contribution is -0.123. The number of hydrogen-bond donors (Lipinski definition) is 1. The summed E-state index contributed by atoms with van der Waals surface area (Å²) < 4.78 is 10.2. The van der Waals surface area contributed by atoms with Crippen LogP contribution in [0.25, 0.3) is 0 Å². The van der Waals surface area contributed by atoms with Crippen molar-refractivity contribution in [2.24, 2.45) is 0 Å². The lowest BCUT2D eigenvalue weighted by atomic mass is 10.3. The number of rotatable bonds is 7. The van der Waals surface area contributed by atoms with E-state index in [9.17, 15) is 4.79 Å². The molecule has 1 N–H and O–H groups in total. The molecule has 0 radical (unpaired) electrons. The Hall–Kier alpha value is -1.55. The van der Waals surface area contributed by atoms with Gasteiger partial charge in [0.25, 0.3) is 5.91 Å². The summed E-state index contributed by atoms with van der Waals surface area (Å²) in [5, 5.41) is 2.74. The highest BCUT2D eigenvalue weighted by Crippen LogP contribution is 2.07. The van der Waals surface area contributed by atoms with E-state index in [0.29, 0.717) is 18.9 Å². The highest BCUT2D eigenvalue weighted by Gasteiger charge is 2.01. The fourth-order valence-corrected chi connectivity index (χ4v) is 1.16. The molecule has 4 nitrogen and oxygen atoms in total. The first-order valence-corrected chi connectivity index (χ1v) is 5.26. The third kappa shape index (κ3) is 5.36. The van der Waals surface area contributed by atoms with Crippen LogP contribution in [0.5, 0.6) is 5.75 Å². The van der Waals surface area contributed by atoms with Gasteiger partial charge < -0.3 is 14.8 Å². The lowest BCUT2D eigenvalue weighted by Gasteiger charge is -2.06. The van der Waals surface area contributed by atoms with Crippen molar-refractivity contribution in [1.29, 1.82) is 0 Å². The van der Waals surface area contributed by atoms with Crippen molar-refractivity contribution in [1.82, 2.24) is 5.32 Å². The number of methoxy groups -OCH3 is 1. The van der Waals surface area contributed by atoms with Crippen LogP contribution in [0.2, 0.25) is 0 Å². The van der Waals surface area contributed by atoms with Crippen molar-refractivity contribution >= 4 is 5.91 Å². The number of amides is 1. The van der Waals surface area contributed by atoms with Crippen molar-refractivity contribution in [2.45, 2.75) is 6.42 Å². The predicted octanol–water partition coefficient (Wildman–Crippen LogP) is 1.22. The normalized spacial score (nSPS) is 9.81. The molecule has 4 heteroatoms. The van der Waals surface area contributed by atoms with Gasteiger partial charge in [0.2, 0.25) is 0 Å². The molecule has 0 atom stereocenters. The largest absolute Gasteiger partial charge is 0.484 e. The average Bonchev–Trinajstić information content (AvgIpc) is 2.33. The van der Waals surface area contributed by atoms with Crippen LogP contribution in [0, 0.1) is 0 Å². The van der Waals surface area contributed by atoms with Crippen LogP contribution < -0.4 is 10.1 Å². The van der Waals surface area contributed by atoms with Gasteiger partial charge in [-0.15, -0.1) is 0 Å². The summed E-state index contributed by atoms with van der Waals surface area (Å²) in [6, 6.07) is 9.27. The summed E-state index contributed by atoms with van der Waals surface area (Å²) >= 11 is 0. The second-order valence-corrected chi connectivity index (χ2v) is 3.30. The summed E-state index contributed by atoms with van der Waals surface area (Å²) in [6.07, 6.45) is 0.813. The van der Waals surface area contributed by atoms with Crippen LogP contribution >= 0.6 is 0 Å². The van der Waals surface area contributed by atoms with Gasteiger partial charge in [-0.3, -0.25) is 4.79 Å². The molecular weight excluding hydrogens is 206 g/mol. The van der Waals surface area contributed by atoms with Gasteiger partial charge in [-0.25, -0.2) is 0 Å². The Morgan fingerprint density at radius 2 is 2.06 bits per heavy atom. The van der Waals surface area contributed by atoms with Gasteiger partial charge in [0.15, 0.2) is 6.61 Å². The van der Waals surface area contributed by atoms with Crippen LogP contribution in [0.4, 0.5) is 0 Å². The maximum Gasteiger partial charge on any atom is 0.257 e. The first-order valence-electron chi connectivity index (χ1n) is 5.26. The molecule has 0 aliphatic rings. The number of carbonyl (C=O) groups is 1. The number of carbonyl (C=O) groups excluding carboxylic acids is 1. The second-order valence-electron chi connectivity index (χ2n) is 3.30. The standard InChI is InChI=1S/C12H17NO3/c1-15-9-5-8-13-12(14)10-16-11-6-3-2-4-7-11/h2-4,6-7H,5,8-10H2,1H3,(H,13,14). The minimum absolute atomic E-state index is 0.0526. The summed E-state index contributed by atoms with van der Waals surface area (Å²) in [6.45, 7) is 1.32. The molecule has 1 amide bonds. The Morgan fingerprint density at radius 1 is 1.31 bits per heavy atom. The van der Waals surface area contributed by atoms with E-state index < -0.39 is 0 Å². The van der Waals surface area contributed by atoms with Crippen LogP contribution in [0.15, 0.2) is 30.3 Å². The Labute approximate surface area is 95.6 Å². The zero-order chi connectivity index (χ0) is 11.6. The minimum atomic E-state index is -0.111. The number of benzene rings is 1. The highest BCUT2D eigenvalue weighted by molar-refractivity contribution is 5.77. The van der Waals surface area contributed by atoms with E-state index in [4.69, 9.17) is 9.47 Å². The molecule has 0 fully saturated rings. The third-order valence-electron chi connectivity index (χ3n) is 1.96. The zero-order valence-electron chi connectivity index (χ0n) is 9.44. The van der Waals surface area contributed by atoms with E-state index in [1.807, 2.05) is 30.3 Å². The molecule has 0 aromatic heterocycles. The molecule has 0 saturated heterocycles. The number of ether oxygens (including phenoxy) is 2. The maximum absolute atomic E-state index is 11.3. The summed E-state index contributed by atoms with van der Waals surface area (Å²) in [5.74, 6) is 0.592. The van der Waals surface area contributed by atoms with Crippen molar-refractivity contribution in [2.75, 3.05) is 26.9 Å². The SMILES string of the molecule is COCCCNC(=O)COc1ccccc1. The van der Waals surface area contributed by atoms with Gasteiger partial charge in [-0.2, -0.15) is 0 Å². The van der Waals surface area contributed by atoms with Crippen LogP contribution in [-0.4, -0.2) is 32.8 Å². The van der Waals surface area contributed by atoms with Gasteiger partial charge >= 0.3 is 0 Å². The Bertz CT molecular complexity index is 300. The molecule has 1 rings (SSSR count). The molecule has 16 heavy (non-hydrogen) atoms. The van der Waals surface area contributed by atoms with Crippen molar-refractivity contribution < 1.29 is 14.3 Å². The quantitative estimate of drug-likeness (QED) is 0.707. The van der Waals surface area contributed by atoms with Gasteiger partial charge in [0.05, 0.1) is 0 Å². The molecule has 0 aliphatic carbocycles. The lowest BCUT2D eigenvalue weighted by Crippen LogP contribution is -2.30. The van der Waals surface area contributed by atoms with E-state index in [-0.39, 0.29) is 12.5 Å². The van der Waals surface area contributed by atoms with Crippen molar-refractivity contribution in [3.63, 3.8) is 0 Å². The van der Waals surface area contributed by atoms with E-state index >= 15 is 0 Å². The smallest absolute Gasteiger partial charge is 0.257 e. The Balaban J connectivity index is 2.11. The fraction of sp³-hybridized carbons (Fsp3) is 0.417. The molecule has 0 heterocycles. The molecule has 0 aliphatic heterocycles. The highest BCUT2D eigenvalue weighted by atomic mass is 16.5. The molecule has 88 valence electrons. The Kier molecular flexibility index (Phi) is 6.03. The number of para-hydroxylation sites is 1. The first-order chi connectivity index (χ1) is 7.83. The van der Waals surface area contributed by atoms with E-state index in [0.717, 1.165) is 6.42 Å². The molecule has 1 aromatic carbocycles. The van der Waals surface area contributed by atoms with Crippen molar-refractivity contribution in [3.8, 4) is 5.75 Å². The second kappa shape index (κ2) is 7.70. The van der Waals surface area contributed by atoms with Gasteiger partial charge in [-0.1, -0.05) is 18.2 Å². The summed E-state index contributed by atoms with van der Waals surface area (Å²) in [4.78, 5) is 11.3. The summed E-state index contributed by atoms with van der Waals surface area (Å²) in [5.41, 5.74) is 0. The molecule has 1 aromatic rings. The molecule has 0 spiro atoms. The molecular formula is C12H17NO3. The van der Waals surface area contributed by atoms with E-state index in [1.165, 1.54) is 0 Å². The van der Waals surface area contributed by atoms with Crippen LogP contribution in [-0.2, 0) is 9.53 Å². The van der Waals surface area contributed by atoms with Crippen LogP contribution in [0.3, 0.4) is 0 Å². The fourth-order valence-electron chi connectivity index (χ4n) is 1.16. The van der Waals surface area contributed by atoms with Crippen molar-refractivity contribution in [3.05, 3.63) is 30.3 Å². The van der Waals surface area contributed by atoms with Gasteiger partial charge in [0.1, 0.15) is 5.75 Å². The maximum atomic E-state index is 11.3. The molecule has 0 bridgehead atoms. The summed E-state index contributed by atoms with van der Waals surface area (Å²) in [7, 11) is 1.64. The van der Waals surface area contributed by atoms with Gasteiger partial charge in [0, 0.05) is 20.3 Å². The van der Waals surface area contributed by atoms with E-state index in [1.54, 1.807) is 7.11 Å². The topological polar surface area (TPSA) is 47.6 Å². The molecule has 0 saturated carbocycles. The zero-order valence-corrected chi connectivity index (χ0v) is 9.44. The number of hydrogen-bond acceptors (Lipinski definition) is 3. The predicted molar refractivity (Wildman–Crippen MR) is 61.4 cm³/mol. The Morgan fingerprint density at radius 3 is 2.75 bits per heavy atom. The first kappa shape index (κ1) is 12.5.